The van der Waals surface area contributed by atoms with Gasteiger partial charge in [-0.05, 0) is 39.2 Å². The lowest BCUT2D eigenvalue weighted by molar-refractivity contribution is -0.432. The van der Waals surface area contributed by atoms with Crippen LogP contribution in [0.2, 0.25) is 0 Å². The minimum absolute atomic E-state index is 0.0636. The van der Waals surface area contributed by atoms with E-state index >= 15 is 0 Å². The second-order valence-corrected chi connectivity index (χ2v) is 12.2. The van der Waals surface area contributed by atoms with Gasteiger partial charge < -0.3 is 29.4 Å². The van der Waals surface area contributed by atoms with Gasteiger partial charge in [0.1, 0.15) is 23.4 Å². The van der Waals surface area contributed by atoms with Gasteiger partial charge in [0, 0.05) is 31.2 Å². The quantitative estimate of drug-likeness (QED) is 0.411. The van der Waals surface area contributed by atoms with Gasteiger partial charge in [-0.1, -0.05) is 26.8 Å². The van der Waals surface area contributed by atoms with E-state index in [0.29, 0.717) is 19.4 Å². The smallest absolute Gasteiger partial charge is 0.307 e. The lowest BCUT2D eigenvalue weighted by Gasteiger charge is -2.75. The molecule has 9 heteroatoms. The lowest BCUT2D eigenvalue weighted by atomic mass is 9.39. The number of aliphatic hydroxyl groups is 1. The molecular formula is C27H41NO8. The maximum Gasteiger partial charge on any atom is 0.307 e. The number of hydrogen-bond acceptors (Lipinski definition) is 9. The summed E-state index contributed by atoms with van der Waals surface area (Å²) in [4.78, 5) is 39.7. The standard InChI is InChI=1S/C27H41NO8/c1-9-18-24(5)14-17(31)27(35-18)25(6)16(30)10-12-23(3,4)21(25)20(34-19(32)11-13-28-8)22(33-15(2)29)26(27,7)36-24/h9,16,18,20-22,28,30H,1,10-14H2,2-8H3/t16-,18?,20-,21-,22-,24+,25-,26+,27?/m0/s1. The molecule has 1 spiro atoms. The zero-order valence-corrected chi connectivity index (χ0v) is 22.5. The summed E-state index contributed by atoms with van der Waals surface area (Å²) < 4.78 is 25.5. The number of Topliss-reactive ketones (excluding diaryl/α,β-unsaturated/α-hetero) is 1. The van der Waals surface area contributed by atoms with Gasteiger partial charge in [-0.3, -0.25) is 14.4 Å². The Morgan fingerprint density at radius 1 is 1.22 bits per heavy atom. The van der Waals surface area contributed by atoms with Gasteiger partial charge in [-0.25, -0.2) is 0 Å². The molecular weight excluding hydrogens is 466 g/mol. The van der Waals surface area contributed by atoms with E-state index in [4.69, 9.17) is 18.9 Å². The predicted octanol–water partition coefficient (Wildman–Crippen LogP) is 2.09. The lowest BCUT2D eigenvalue weighted by Crippen LogP contribution is -2.91. The molecule has 202 valence electrons. The van der Waals surface area contributed by atoms with Crippen LogP contribution in [-0.2, 0) is 33.3 Å². The van der Waals surface area contributed by atoms with Gasteiger partial charge in [0.25, 0.3) is 0 Å². The number of carbonyl (C=O) groups excluding carboxylic acids is 3. The van der Waals surface area contributed by atoms with Crippen molar-refractivity contribution >= 4 is 17.7 Å². The zero-order valence-electron chi connectivity index (χ0n) is 22.5. The molecule has 2 N–H and O–H groups in total. The summed E-state index contributed by atoms with van der Waals surface area (Å²) >= 11 is 0. The average molecular weight is 508 g/mol. The Hall–Kier alpha value is -1.81. The molecule has 3 aliphatic heterocycles. The van der Waals surface area contributed by atoms with E-state index in [-0.39, 0.29) is 18.6 Å². The van der Waals surface area contributed by atoms with E-state index in [1.54, 1.807) is 27.0 Å². The minimum Gasteiger partial charge on any atom is -0.458 e. The van der Waals surface area contributed by atoms with Crippen LogP contribution in [0.1, 0.15) is 67.2 Å². The molecule has 0 aromatic heterocycles. The van der Waals surface area contributed by atoms with Gasteiger partial charge in [0.2, 0.25) is 0 Å². The van der Waals surface area contributed by atoms with Crippen LogP contribution in [0.4, 0.5) is 0 Å². The van der Waals surface area contributed by atoms with Gasteiger partial charge >= 0.3 is 11.9 Å². The molecule has 9 atom stereocenters. The molecule has 5 fully saturated rings. The number of hydrogen-bond donors (Lipinski definition) is 2. The summed E-state index contributed by atoms with van der Waals surface area (Å²) in [5.41, 5.74) is -5.97. The first-order valence-corrected chi connectivity index (χ1v) is 12.9. The normalized spacial score (nSPS) is 46.9. The van der Waals surface area contributed by atoms with E-state index < -0.39 is 69.9 Å². The number of ketones is 1. The number of ether oxygens (including phenoxy) is 4. The van der Waals surface area contributed by atoms with E-state index in [9.17, 15) is 19.5 Å². The van der Waals surface area contributed by atoms with Gasteiger partial charge in [0.15, 0.2) is 17.5 Å². The highest BCUT2D eigenvalue weighted by Gasteiger charge is 2.86. The van der Waals surface area contributed by atoms with E-state index in [0.717, 1.165) is 0 Å². The molecule has 36 heavy (non-hydrogen) atoms. The number of carbonyl (C=O) groups is 3. The molecule has 5 rings (SSSR count). The second-order valence-electron chi connectivity index (χ2n) is 12.2. The maximum absolute atomic E-state index is 14.2. The van der Waals surface area contributed by atoms with Crippen molar-refractivity contribution in [3.63, 3.8) is 0 Å². The number of rotatable bonds is 6. The highest BCUT2D eigenvalue weighted by molar-refractivity contribution is 5.93. The van der Waals surface area contributed by atoms with Crippen molar-refractivity contribution in [2.75, 3.05) is 13.6 Å². The van der Waals surface area contributed by atoms with E-state index in [2.05, 4.69) is 11.9 Å². The predicted molar refractivity (Wildman–Crippen MR) is 130 cm³/mol. The van der Waals surface area contributed by atoms with Crippen molar-refractivity contribution in [1.29, 1.82) is 0 Å². The first kappa shape index (κ1) is 27.2. The molecule has 9 nitrogen and oxygen atoms in total. The van der Waals surface area contributed by atoms with Crippen LogP contribution in [0, 0.1) is 16.7 Å². The van der Waals surface area contributed by atoms with Crippen LogP contribution in [0.15, 0.2) is 12.7 Å². The minimum atomic E-state index is -1.66. The van der Waals surface area contributed by atoms with Crippen molar-refractivity contribution < 1.29 is 38.4 Å². The topological polar surface area (TPSA) is 120 Å². The van der Waals surface area contributed by atoms with Crippen molar-refractivity contribution in [2.24, 2.45) is 16.7 Å². The summed E-state index contributed by atoms with van der Waals surface area (Å²) in [6, 6.07) is 0. The van der Waals surface area contributed by atoms with Crippen molar-refractivity contribution in [1.82, 2.24) is 5.32 Å². The number of esters is 2. The second kappa shape index (κ2) is 8.61. The Morgan fingerprint density at radius 2 is 1.89 bits per heavy atom. The van der Waals surface area contributed by atoms with Crippen molar-refractivity contribution in [2.45, 2.75) is 108 Å². The van der Waals surface area contributed by atoms with Crippen LogP contribution in [0.3, 0.4) is 0 Å². The summed E-state index contributed by atoms with van der Waals surface area (Å²) in [5, 5.41) is 14.6. The molecule has 0 amide bonds. The van der Waals surface area contributed by atoms with Crippen LogP contribution < -0.4 is 5.32 Å². The molecule has 0 radical (unpaired) electrons. The third-order valence-corrected chi connectivity index (χ3v) is 9.48. The summed E-state index contributed by atoms with van der Waals surface area (Å²) in [5.74, 6) is -1.84. The number of nitrogens with one attached hydrogen (secondary N) is 1. The molecule has 0 aromatic carbocycles. The van der Waals surface area contributed by atoms with Gasteiger partial charge in [-0.15, -0.1) is 6.58 Å². The fourth-order valence-corrected chi connectivity index (χ4v) is 8.12. The van der Waals surface area contributed by atoms with Gasteiger partial charge in [0.05, 0.1) is 12.5 Å². The molecule has 3 saturated heterocycles. The Bertz CT molecular complexity index is 965. The summed E-state index contributed by atoms with van der Waals surface area (Å²) in [6.45, 7) is 15.0. The fourth-order valence-electron chi connectivity index (χ4n) is 8.12. The molecule has 5 aliphatic rings. The molecule has 2 saturated carbocycles. The molecule has 2 bridgehead atoms. The Labute approximate surface area is 213 Å². The van der Waals surface area contributed by atoms with Crippen LogP contribution in [-0.4, -0.2) is 77.6 Å². The highest BCUT2D eigenvalue weighted by Crippen LogP contribution is 2.71. The first-order valence-electron chi connectivity index (χ1n) is 12.9. The fraction of sp³-hybridized carbons (Fsp3) is 0.815. The first-order chi connectivity index (χ1) is 16.6. The molecule has 2 unspecified atom stereocenters. The molecule has 3 heterocycles. The molecule has 2 aliphatic carbocycles. The Balaban J connectivity index is 2.00. The average Bonchev–Trinajstić information content (AvgIpc) is 2.76. The van der Waals surface area contributed by atoms with Crippen molar-refractivity contribution in [3.8, 4) is 0 Å². The third kappa shape index (κ3) is 3.38. The summed E-state index contributed by atoms with van der Waals surface area (Å²) in [6.07, 6.45) is -0.820. The van der Waals surface area contributed by atoms with Gasteiger partial charge in [-0.2, -0.15) is 0 Å². The third-order valence-electron chi connectivity index (χ3n) is 9.48. The SMILES string of the molecule is C=CC1OC23C(=O)C[C@@]1(C)O[C@]2(C)[C@@H](OC(C)=O)[C@@H](OC(=O)CCNC)[C@H]1C(C)(C)CC[C@H](O)[C@@]13C. The number of aliphatic hydroxyl groups excluding tert-OH is 1. The van der Waals surface area contributed by atoms with E-state index in [1.165, 1.54) is 6.92 Å². The zero-order chi connectivity index (χ0) is 26.9. The highest BCUT2D eigenvalue weighted by atomic mass is 16.7. The van der Waals surface area contributed by atoms with Crippen LogP contribution >= 0.6 is 0 Å². The van der Waals surface area contributed by atoms with E-state index in [1.807, 2.05) is 20.8 Å². The number of fused-ring (bicyclic) bond motifs is 3. The molecule has 0 aromatic rings. The van der Waals surface area contributed by atoms with Crippen molar-refractivity contribution in [3.05, 3.63) is 12.7 Å². The monoisotopic (exact) mass is 507 g/mol. The summed E-state index contributed by atoms with van der Waals surface area (Å²) in [7, 11) is 1.74. The maximum atomic E-state index is 14.2. The Morgan fingerprint density at radius 3 is 2.47 bits per heavy atom. The Kier molecular flexibility index (Phi) is 6.51. The van der Waals surface area contributed by atoms with Crippen LogP contribution in [0.5, 0.6) is 0 Å². The van der Waals surface area contributed by atoms with Crippen LogP contribution in [0.25, 0.3) is 0 Å². The largest absolute Gasteiger partial charge is 0.458 e.